The summed E-state index contributed by atoms with van der Waals surface area (Å²) in [6, 6.07) is 20.4. The largest absolute Gasteiger partial charge is 0.452 e. The van der Waals surface area contributed by atoms with E-state index in [9.17, 15) is 14.4 Å². The number of benzene rings is 3. The highest BCUT2D eigenvalue weighted by Gasteiger charge is 2.21. The lowest BCUT2D eigenvalue weighted by molar-refractivity contribution is -0.133. The van der Waals surface area contributed by atoms with Crippen molar-refractivity contribution >= 4 is 34.2 Å². The number of para-hydroxylation sites is 1. The quantitative estimate of drug-likeness (QED) is 0.620. The van der Waals surface area contributed by atoms with Gasteiger partial charge in [0.1, 0.15) is 0 Å². The van der Waals surface area contributed by atoms with Crippen LogP contribution in [0.15, 0.2) is 66.7 Å². The number of hydrogen-bond donors (Lipinski definition) is 1. The first-order chi connectivity index (χ1) is 15.1. The van der Waals surface area contributed by atoms with Gasteiger partial charge in [0.2, 0.25) is 5.91 Å². The summed E-state index contributed by atoms with van der Waals surface area (Å²) in [5.74, 6) is -1.05. The van der Waals surface area contributed by atoms with Crippen molar-refractivity contribution in [3.05, 3.63) is 77.9 Å². The van der Waals surface area contributed by atoms with Crippen LogP contribution in [-0.4, -0.2) is 42.4 Å². The third-order valence-electron chi connectivity index (χ3n) is 5.44. The second-order valence-electron chi connectivity index (χ2n) is 7.57. The maximum absolute atomic E-state index is 12.7. The molecule has 1 fully saturated rings. The Morgan fingerprint density at radius 1 is 0.871 bits per heavy atom. The third-order valence-corrected chi connectivity index (χ3v) is 5.44. The summed E-state index contributed by atoms with van der Waals surface area (Å²) >= 11 is 0. The predicted molar refractivity (Wildman–Crippen MR) is 119 cm³/mol. The van der Waals surface area contributed by atoms with E-state index in [1.807, 2.05) is 42.5 Å². The minimum Gasteiger partial charge on any atom is -0.452 e. The van der Waals surface area contributed by atoms with Crippen LogP contribution in [0.4, 0.5) is 5.69 Å². The van der Waals surface area contributed by atoms with E-state index in [0.29, 0.717) is 18.8 Å². The number of amides is 2. The Bertz CT molecular complexity index is 1110. The highest BCUT2D eigenvalue weighted by Crippen LogP contribution is 2.21. The molecule has 1 aliphatic heterocycles. The lowest BCUT2D eigenvalue weighted by Crippen LogP contribution is -2.32. The normalized spacial score (nSPS) is 13.2. The topological polar surface area (TPSA) is 75.7 Å². The maximum Gasteiger partial charge on any atom is 0.340 e. The van der Waals surface area contributed by atoms with Crippen LogP contribution in [-0.2, 0) is 20.7 Å². The molecule has 0 radical (unpaired) electrons. The summed E-state index contributed by atoms with van der Waals surface area (Å²) in [4.78, 5) is 39.1. The molecule has 4 rings (SSSR count). The maximum atomic E-state index is 12.7. The van der Waals surface area contributed by atoms with Gasteiger partial charge in [-0.1, -0.05) is 54.6 Å². The van der Waals surface area contributed by atoms with Crippen molar-refractivity contribution in [2.24, 2.45) is 0 Å². The zero-order valence-electron chi connectivity index (χ0n) is 17.2. The molecule has 2 amide bonds. The number of ether oxygens (including phenoxy) is 1. The minimum absolute atomic E-state index is 0.179. The number of esters is 1. The molecule has 0 aromatic heterocycles. The second-order valence-corrected chi connectivity index (χ2v) is 7.57. The van der Waals surface area contributed by atoms with Crippen molar-refractivity contribution in [3.63, 3.8) is 0 Å². The minimum atomic E-state index is -0.631. The first kappa shape index (κ1) is 20.6. The molecule has 6 heteroatoms. The van der Waals surface area contributed by atoms with E-state index in [1.54, 1.807) is 29.2 Å². The van der Waals surface area contributed by atoms with Crippen LogP contribution in [0.2, 0.25) is 0 Å². The Morgan fingerprint density at radius 2 is 1.58 bits per heavy atom. The van der Waals surface area contributed by atoms with Gasteiger partial charge in [-0.25, -0.2) is 4.79 Å². The number of carbonyl (C=O) groups excluding carboxylic acids is 3. The Balaban J connectivity index is 1.42. The van der Waals surface area contributed by atoms with Gasteiger partial charge in [0.25, 0.3) is 5.91 Å². The number of fused-ring (bicyclic) bond motifs is 1. The van der Waals surface area contributed by atoms with Gasteiger partial charge in [0.05, 0.1) is 17.7 Å². The first-order valence-corrected chi connectivity index (χ1v) is 10.4. The number of nitrogens with one attached hydrogen (secondary N) is 1. The van der Waals surface area contributed by atoms with Crippen LogP contribution >= 0.6 is 0 Å². The van der Waals surface area contributed by atoms with Crippen LogP contribution in [0.5, 0.6) is 0 Å². The molecule has 0 atom stereocenters. The van der Waals surface area contributed by atoms with Gasteiger partial charge in [-0.3, -0.25) is 9.59 Å². The molecule has 0 spiro atoms. The number of nitrogens with zero attached hydrogens (tertiary/aromatic N) is 1. The standard InChI is InChI=1S/C25H24N2O4/c28-23(16-19-10-7-9-18-8-1-2-11-20(18)19)26-22-13-4-3-12-21(22)25(30)31-17-24(29)27-14-5-6-15-27/h1-4,7-13H,5-6,14-17H2,(H,26,28). The van der Waals surface area contributed by atoms with E-state index in [1.165, 1.54) is 0 Å². The molecule has 6 nitrogen and oxygen atoms in total. The van der Waals surface area contributed by atoms with Crippen molar-refractivity contribution < 1.29 is 19.1 Å². The highest BCUT2D eigenvalue weighted by atomic mass is 16.5. The molecular formula is C25H24N2O4. The fraction of sp³-hybridized carbons (Fsp3) is 0.240. The number of anilines is 1. The Morgan fingerprint density at radius 3 is 2.42 bits per heavy atom. The summed E-state index contributed by atoms with van der Waals surface area (Å²) in [6.45, 7) is 1.12. The van der Waals surface area contributed by atoms with Gasteiger partial charge in [0.15, 0.2) is 6.61 Å². The Kier molecular flexibility index (Phi) is 6.26. The Hall–Kier alpha value is -3.67. The van der Waals surface area contributed by atoms with Crippen LogP contribution in [0.3, 0.4) is 0 Å². The average molecular weight is 416 g/mol. The van der Waals surface area contributed by atoms with Crippen LogP contribution in [0, 0.1) is 0 Å². The van der Waals surface area contributed by atoms with Crippen molar-refractivity contribution in [2.75, 3.05) is 25.0 Å². The highest BCUT2D eigenvalue weighted by molar-refractivity contribution is 6.03. The molecule has 1 saturated heterocycles. The van der Waals surface area contributed by atoms with Gasteiger partial charge >= 0.3 is 5.97 Å². The molecule has 0 saturated carbocycles. The SMILES string of the molecule is O=C(Cc1cccc2ccccc12)Nc1ccccc1C(=O)OCC(=O)N1CCCC1. The van der Waals surface area contributed by atoms with E-state index >= 15 is 0 Å². The van der Waals surface area contributed by atoms with E-state index < -0.39 is 5.97 Å². The number of likely N-dealkylation sites (tertiary alicyclic amines) is 1. The third kappa shape index (κ3) is 4.91. The van der Waals surface area contributed by atoms with Crippen LogP contribution in [0.1, 0.15) is 28.8 Å². The lowest BCUT2D eigenvalue weighted by atomic mass is 10.0. The molecule has 1 aliphatic rings. The zero-order chi connectivity index (χ0) is 21.6. The molecule has 0 aliphatic carbocycles. The molecular weight excluding hydrogens is 392 g/mol. The van der Waals surface area contributed by atoms with E-state index in [4.69, 9.17) is 4.74 Å². The smallest absolute Gasteiger partial charge is 0.340 e. The average Bonchev–Trinajstić information content (AvgIpc) is 3.33. The molecule has 1 heterocycles. The number of carbonyl (C=O) groups is 3. The summed E-state index contributed by atoms with van der Waals surface area (Å²) in [7, 11) is 0. The first-order valence-electron chi connectivity index (χ1n) is 10.4. The molecule has 158 valence electrons. The van der Waals surface area contributed by atoms with Gasteiger partial charge in [0, 0.05) is 13.1 Å². The van der Waals surface area contributed by atoms with Crippen molar-refractivity contribution in [1.82, 2.24) is 4.90 Å². The van der Waals surface area contributed by atoms with Crippen LogP contribution < -0.4 is 5.32 Å². The van der Waals surface area contributed by atoms with Crippen LogP contribution in [0.25, 0.3) is 10.8 Å². The molecule has 1 N–H and O–H groups in total. The zero-order valence-corrected chi connectivity index (χ0v) is 17.2. The molecule has 3 aromatic rings. The molecule has 31 heavy (non-hydrogen) atoms. The number of hydrogen-bond acceptors (Lipinski definition) is 4. The monoisotopic (exact) mass is 416 g/mol. The summed E-state index contributed by atoms with van der Waals surface area (Å²) in [5.41, 5.74) is 1.50. The molecule has 3 aromatic carbocycles. The van der Waals surface area contributed by atoms with Gasteiger partial charge < -0.3 is 15.0 Å². The predicted octanol–water partition coefficient (Wildman–Crippen LogP) is 3.80. The van der Waals surface area contributed by atoms with E-state index in [0.717, 1.165) is 29.2 Å². The summed E-state index contributed by atoms with van der Waals surface area (Å²) < 4.78 is 5.22. The van der Waals surface area contributed by atoms with Crippen molar-refractivity contribution in [2.45, 2.75) is 19.3 Å². The Labute approximate surface area is 180 Å². The fourth-order valence-electron chi connectivity index (χ4n) is 3.85. The van der Waals surface area contributed by atoms with Gasteiger partial charge in [-0.2, -0.15) is 0 Å². The fourth-order valence-corrected chi connectivity index (χ4v) is 3.85. The van der Waals surface area contributed by atoms with E-state index in [-0.39, 0.29) is 30.4 Å². The van der Waals surface area contributed by atoms with Crippen molar-refractivity contribution in [3.8, 4) is 0 Å². The van der Waals surface area contributed by atoms with Gasteiger partial charge in [-0.15, -0.1) is 0 Å². The molecule has 0 bridgehead atoms. The summed E-state index contributed by atoms with van der Waals surface area (Å²) in [6.07, 6.45) is 2.13. The summed E-state index contributed by atoms with van der Waals surface area (Å²) in [5, 5.41) is 4.90. The van der Waals surface area contributed by atoms with E-state index in [2.05, 4.69) is 5.32 Å². The second kappa shape index (κ2) is 9.43. The van der Waals surface area contributed by atoms with Crippen molar-refractivity contribution in [1.29, 1.82) is 0 Å². The lowest BCUT2D eigenvalue weighted by Gasteiger charge is -2.15. The number of rotatable bonds is 6. The van der Waals surface area contributed by atoms with Gasteiger partial charge in [-0.05, 0) is 41.3 Å². The molecule has 0 unspecified atom stereocenters.